The van der Waals surface area contributed by atoms with Gasteiger partial charge in [-0.25, -0.2) is 4.98 Å². The Bertz CT molecular complexity index is 459. The molecule has 1 heterocycles. The number of primary amides is 1. The van der Waals surface area contributed by atoms with E-state index < -0.39 is 17.8 Å². The van der Waals surface area contributed by atoms with Gasteiger partial charge in [-0.1, -0.05) is 13.8 Å². The molecule has 0 atom stereocenters. The molecule has 0 aliphatic carbocycles. The normalized spacial score (nSPS) is 11.7. The Morgan fingerprint density at radius 1 is 1.42 bits per heavy atom. The van der Waals surface area contributed by atoms with E-state index >= 15 is 0 Å². The Labute approximate surface area is 108 Å². The van der Waals surface area contributed by atoms with Gasteiger partial charge in [-0.2, -0.15) is 13.2 Å². The van der Waals surface area contributed by atoms with E-state index in [1.54, 1.807) is 0 Å². The fraction of sp³-hybridized carbons (Fsp3) is 0.500. The number of ether oxygens (including phenoxy) is 1. The number of carbonyl (C=O) groups is 1. The number of pyridine rings is 1. The van der Waals surface area contributed by atoms with Gasteiger partial charge >= 0.3 is 6.18 Å². The third kappa shape index (κ3) is 4.42. The number of aromatic nitrogens is 1. The summed E-state index contributed by atoms with van der Waals surface area (Å²) >= 11 is 0. The van der Waals surface area contributed by atoms with Crippen LogP contribution in [0.4, 0.5) is 13.2 Å². The minimum atomic E-state index is -4.59. The SMILES string of the molecule is CC(C)CCOc1nc(C(F)(F)F)ccc1C(N)=O. The number of amides is 1. The van der Waals surface area contributed by atoms with Crippen LogP contribution in [0.2, 0.25) is 0 Å². The van der Waals surface area contributed by atoms with Crippen LogP contribution in [0.5, 0.6) is 5.88 Å². The maximum atomic E-state index is 12.5. The summed E-state index contributed by atoms with van der Waals surface area (Å²) in [5.74, 6) is -0.924. The number of halogens is 3. The zero-order chi connectivity index (χ0) is 14.6. The summed E-state index contributed by atoms with van der Waals surface area (Å²) in [6, 6.07) is 1.68. The van der Waals surface area contributed by atoms with E-state index in [2.05, 4.69) is 4.98 Å². The quantitative estimate of drug-likeness (QED) is 0.899. The van der Waals surface area contributed by atoms with Crippen molar-refractivity contribution in [3.8, 4) is 5.88 Å². The summed E-state index contributed by atoms with van der Waals surface area (Å²) in [7, 11) is 0. The molecule has 2 N–H and O–H groups in total. The second-order valence-electron chi connectivity index (χ2n) is 4.44. The number of nitrogens with two attached hydrogens (primary N) is 1. The van der Waals surface area contributed by atoms with Gasteiger partial charge in [0.05, 0.1) is 6.61 Å². The zero-order valence-electron chi connectivity index (χ0n) is 10.6. The zero-order valence-corrected chi connectivity index (χ0v) is 10.6. The van der Waals surface area contributed by atoms with Crippen molar-refractivity contribution >= 4 is 5.91 Å². The first-order valence-corrected chi connectivity index (χ1v) is 5.72. The lowest BCUT2D eigenvalue weighted by Gasteiger charge is -2.12. The van der Waals surface area contributed by atoms with Crippen molar-refractivity contribution in [2.75, 3.05) is 6.61 Å². The number of rotatable bonds is 5. The molecule has 0 saturated heterocycles. The molecule has 0 radical (unpaired) electrons. The predicted molar refractivity (Wildman–Crippen MR) is 62.7 cm³/mol. The van der Waals surface area contributed by atoms with Crippen molar-refractivity contribution in [1.29, 1.82) is 0 Å². The number of hydrogen-bond acceptors (Lipinski definition) is 3. The van der Waals surface area contributed by atoms with Gasteiger partial charge in [0.2, 0.25) is 5.88 Å². The van der Waals surface area contributed by atoms with Crippen molar-refractivity contribution in [2.45, 2.75) is 26.4 Å². The van der Waals surface area contributed by atoms with Crippen molar-refractivity contribution in [2.24, 2.45) is 11.7 Å². The van der Waals surface area contributed by atoms with E-state index in [1.807, 2.05) is 13.8 Å². The van der Waals surface area contributed by atoms with Crippen molar-refractivity contribution in [1.82, 2.24) is 4.98 Å². The summed E-state index contributed by atoms with van der Waals surface area (Å²) in [5.41, 5.74) is 3.80. The number of carbonyl (C=O) groups excluding carboxylic acids is 1. The second-order valence-corrected chi connectivity index (χ2v) is 4.44. The fourth-order valence-corrected chi connectivity index (χ4v) is 1.29. The van der Waals surface area contributed by atoms with Crippen LogP contribution in [0.1, 0.15) is 36.3 Å². The predicted octanol–water partition coefficient (Wildman–Crippen LogP) is 2.62. The molecule has 0 aliphatic rings. The van der Waals surface area contributed by atoms with Crippen molar-refractivity contribution < 1.29 is 22.7 Å². The molecule has 7 heteroatoms. The van der Waals surface area contributed by atoms with E-state index in [1.165, 1.54) is 0 Å². The van der Waals surface area contributed by atoms with E-state index in [0.29, 0.717) is 18.4 Å². The molecule has 0 aromatic carbocycles. The molecule has 4 nitrogen and oxygen atoms in total. The maximum Gasteiger partial charge on any atom is 0.433 e. The third-order valence-electron chi connectivity index (χ3n) is 2.35. The summed E-state index contributed by atoms with van der Waals surface area (Å²) in [6.45, 7) is 4.06. The van der Waals surface area contributed by atoms with Gasteiger partial charge in [-0.15, -0.1) is 0 Å². The first-order chi connectivity index (χ1) is 8.71. The topological polar surface area (TPSA) is 65.2 Å². The van der Waals surface area contributed by atoms with Crippen LogP contribution < -0.4 is 10.5 Å². The Hall–Kier alpha value is -1.79. The molecule has 0 fully saturated rings. The highest BCUT2D eigenvalue weighted by molar-refractivity contribution is 5.95. The lowest BCUT2D eigenvalue weighted by Crippen LogP contribution is -2.17. The average molecular weight is 276 g/mol. The highest BCUT2D eigenvalue weighted by Gasteiger charge is 2.33. The molecular formula is C12H15F3N2O2. The fourth-order valence-electron chi connectivity index (χ4n) is 1.29. The van der Waals surface area contributed by atoms with Crippen LogP contribution in [-0.2, 0) is 6.18 Å². The van der Waals surface area contributed by atoms with Crippen molar-refractivity contribution in [3.05, 3.63) is 23.4 Å². The monoisotopic (exact) mass is 276 g/mol. The molecule has 19 heavy (non-hydrogen) atoms. The van der Waals surface area contributed by atoms with Gasteiger partial charge in [0.1, 0.15) is 11.3 Å². The molecule has 0 saturated carbocycles. The lowest BCUT2D eigenvalue weighted by atomic mass is 10.1. The van der Waals surface area contributed by atoms with Gasteiger partial charge < -0.3 is 10.5 Å². The molecule has 0 bridgehead atoms. The Kier molecular flexibility index (Phi) is 4.74. The maximum absolute atomic E-state index is 12.5. The van der Waals surface area contributed by atoms with Gasteiger partial charge in [0.15, 0.2) is 0 Å². The Morgan fingerprint density at radius 3 is 2.53 bits per heavy atom. The molecule has 0 aliphatic heterocycles. The first-order valence-electron chi connectivity index (χ1n) is 5.72. The number of hydrogen-bond donors (Lipinski definition) is 1. The van der Waals surface area contributed by atoms with Crippen LogP contribution in [0.25, 0.3) is 0 Å². The van der Waals surface area contributed by atoms with Gasteiger partial charge in [-0.05, 0) is 24.5 Å². The molecule has 0 spiro atoms. The number of nitrogens with zero attached hydrogens (tertiary/aromatic N) is 1. The smallest absolute Gasteiger partial charge is 0.433 e. The molecule has 1 amide bonds. The molecule has 1 rings (SSSR count). The Balaban J connectivity index is 2.99. The van der Waals surface area contributed by atoms with E-state index in [0.717, 1.165) is 6.07 Å². The lowest BCUT2D eigenvalue weighted by molar-refractivity contribution is -0.141. The minimum Gasteiger partial charge on any atom is -0.477 e. The van der Waals surface area contributed by atoms with Crippen LogP contribution in [0.3, 0.4) is 0 Å². The van der Waals surface area contributed by atoms with Crippen LogP contribution in [0.15, 0.2) is 12.1 Å². The summed E-state index contributed by atoms with van der Waals surface area (Å²) in [6.07, 6.45) is -3.96. The number of alkyl halides is 3. The van der Waals surface area contributed by atoms with E-state index in [4.69, 9.17) is 10.5 Å². The highest BCUT2D eigenvalue weighted by atomic mass is 19.4. The summed E-state index contributed by atoms with van der Waals surface area (Å²) in [5, 5.41) is 0. The van der Waals surface area contributed by atoms with E-state index in [9.17, 15) is 18.0 Å². The van der Waals surface area contributed by atoms with Crippen LogP contribution in [0, 0.1) is 5.92 Å². The van der Waals surface area contributed by atoms with Crippen LogP contribution in [-0.4, -0.2) is 17.5 Å². The molecule has 106 valence electrons. The molecule has 1 aromatic heterocycles. The van der Waals surface area contributed by atoms with E-state index in [-0.39, 0.29) is 18.1 Å². The van der Waals surface area contributed by atoms with Gasteiger partial charge in [-0.3, -0.25) is 4.79 Å². The highest BCUT2D eigenvalue weighted by Crippen LogP contribution is 2.30. The molecule has 0 unspecified atom stereocenters. The standard InChI is InChI=1S/C12H15F3N2O2/c1-7(2)5-6-19-11-8(10(16)18)3-4-9(17-11)12(13,14)15/h3-4,7H,5-6H2,1-2H3,(H2,16,18). The summed E-state index contributed by atoms with van der Waals surface area (Å²) < 4.78 is 42.7. The summed E-state index contributed by atoms with van der Waals surface area (Å²) in [4.78, 5) is 14.4. The first kappa shape index (κ1) is 15.3. The third-order valence-corrected chi connectivity index (χ3v) is 2.35. The average Bonchev–Trinajstić information content (AvgIpc) is 2.26. The Morgan fingerprint density at radius 2 is 2.05 bits per heavy atom. The minimum absolute atomic E-state index is 0.156. The second kappa shape index (κ2) is 5.90. The van der Waals surface area contributed by atoms with Gasteiger partial charge in [0.25, 0.3) is 5.91 Å². The molecular weight excluding hydrogens is 261 g/mol. The van der Waals surface area contributed by atoms with Gasteiger partial charge in [0, 0.05) is 0 Å². The van der Waals surface area contributed by atoms with Crippen molar-refractivity contribution in [3.63, 3.8) is 0 Å². The molecule has 1 aromatic rings. The van der Waals surface area contributed by atoms with Crippen LogP contribution >= 0.6 is 0 Å². The largest absolute Gasteiger partial charge is 0.477 e.